The Morgan fingerprint density at radius 1 is 0.792 bits per heavy atom. The van der Waals surface area contributed by atoms with Gasteiger partial charge in [-0.2, -0.15) is 5.10 Å². The van der Waals surface area contributed by atoms with Gasteiger partial charge in [-0.25, -0.2) is 0 Å². The van der Waals surface area contributed by atoms with Gasteiger partial charge in [0.15, 0.2) is 5.84 Å². The van der Waals surface area contributed by atoms with Crippen LogP contribution in [0, 0.1) is 0 Å². The van der Waals surface area contributed by atoms with Crippen molar-refractivity contribution in [3.05, 3.63) is 71.3 Å². The van der Waals surface area contributed by atoms with Crippen molar-refractivity contribution in [2.24, 2.45) is 10.2 Å². The first kappa shape index (κ1) is 15.1. The molecule has 2 aromatic rings. The topological polar surface area (TPSA) is 31.2 Å². The number of rotatable bonds is 1. The lowest BCUT2D eigenvalue weighted by Gasteiger charge is -2.34. The summed E-state index contributed by atoms with van der Waals surface area (Å²) in [5.41, 5.74) is 4.70. The maximum atomic E-state index is 4.68. The van der Waals surface area contributed by atoms with Gasteiger partial charge in [0, 0.05) is 38.2 Å². The molecule has 0 aromatic heterocycles. The molecule has 0 radical (unpaired) electrons. The summed E-state index contributed by atoms with van der Waals surface area (Å²) in [5.74, 6) is 1.02. The molecule has 2 aromatic carbocycles. The second-order valence-electron chi connectivity index (χ2n) is 6.46. The van der Waals surface area contributed by atoms with Crippen molar-refractivity contribution >= 4 is 11.5 Å². The minimum Gasteiger partial charge on any atom is -0.352 e. The zero-order valence-electron chi connectivity index (χ0n) is 14.0. The maximum Gasteiger partial charge on any atom is 0.158 e. The van der Waals surface area contributed by atoms with Crippen LogP contribution < -0.4 is 0 Å². The predicted octanol–water partition coefficient (Wildman–Crippen LogP) is 2.64. The summed E-state index contributed by atoms with van der Waals surface area (Å²) in [7, 11) is 2.17. The number of amidine groups is 1. The van der Waals surface area contributed by atoms with Gasteiger partial charge in [-0.05, 0) is 18.2 Å². The smallest absolute Gasteiger partial charge is 0.158 e. The summed E-state index contributed by atoms with van der Waals surface area (Å²) in [5, 5.41) is 9.32. The van der Waals surface area contributed by atoms with E-state index in [0.29, 0.717) is 0 Å². The zero-order valence-corrected chi connectivity index (χ0v) is 14.0. The highest BCUT2D eigenvalue weighted by atomic mass is 15.3. The fourth-order valence-electron chi connectivity index (χ4n) is 3.31. The van der Waals surface area contributed by atoms with Crippen molar-refractivity contribution in [1.82, 2.24) is 9.80 Å². The second-order valence-corrected chi connectivity index (χ2v) is 6.46. The van der Waals surface area contributed by atoms with Gasteiger partial charge >= 0.3 is 0 Å². The SMILES string of the molecule is CN1CCN(C2=NN=C(c3ccccc3)Cc3ccccc32)CC1. The van der Waals surface area contributed by atoms with Gasteiger partial charge in [0.05, 0.1) is 5.71 Å². The van der Waals surface area contributed by atoms with Crippen molar-refractivity contribution in [2.45, 2.75) is 6.42 Å². The lowest BCUT2D eigenvalue weighted by Crippen LogP contribution is -2.47. The van der Waals surface area contributed by atoms with E-state index in [-0.39, 0.29) is 0 Å². The van der Waals surface area contributed by atoms with Crippen molar-refractivity contribution in [3.63, 3.8) is 0 Å². The van der Waals surface area contributed by atoms with Crippen LogP contribution in [-0.2, 0) is 6.42 Å². The first-order chi connectivity index (χ1) is 11.8. The van der Waals surface area contributed by atoms with Crippen LogP contribution in [0.15, 0.2) is 64.8 Å². The summed E-state index contributed by atoms with van der Waals surface area (Å²) in [4.78, 5) is 4.73. The van der Waals surface area contributed by atoms with Crippen LogP contribution in [-0.4, -0.2) is 54.6 Å². The molecule has 1 fully saturated rings. The Kier molecular flexibility index (Phi) is 4.13. The molecule has 0 bridgehead atoms. The van der Waals surface area contributed by atoms with Gasteiger partial charge in [0.25, 0.3) is 0 Å². The molecule has 4 heteroatoms. The van der Waals surface area contributed by atoms with E-state index in [2.05, 4.69) is 75.6 Å². The van der Waals surface area contributed by atoms with E-state index in [1.54, 1.807) is 0 Å². The molecule has 0 amide bonds. The molecule has 0 saturated carbocycles. The molecule has 0 N–H and O–H groups in total. The molecule has 2 aliphatic rings. The van der Waals surface area contributed by atoms with Gasteiger partial charge < -0.3 is 9.80 Å². The van der Waals surface area contributed by atoms with Crippen molar-refractivity contribution < 1.29 is 0 Å². The summed E-state index contributed by atoms with van der Waals surface area (Å²) >= 11 is 0. The molecule has 122 valence electrons. The van der Waals surface area contributed by atoms with Crippen molar-refractivity contribution in [2.75, 3.05) is 33.2 Å². The van der Waals surface area contributed by atoms with Crippen LogP contribution >= 0.6 is 0 Å². The van der Waals surface area contributed by atoms with Gasteiger partial charge in [-0.3, -0.25) is 0 Å². The molecule has 24 heavy (non-hydrogen) atoms. The Hall–Kier alpha value is -2.46. The molecule has 4 nitrogen and oxygen atoms in total. The molecule has 0 atom stereocenters. The maximum absolute atomic E-state index is 4.68. The standard InChI is InChI=1S/C20H22N4/c1-23-11-13-24(14-12-23)20-18-10-6-5-9-17(18)15-19(21-22-20)16-7-3-2-4-8-16/h2-10H,11-15H2,1H3. The first-order valence-corrected chi connectivity index (χ1v) is 8.53. The minimum absolute atomic E-state index is 0.820. The van der Waals surface area contributed by atoms with Crippen LogP contribution in [0.3, 0.4) is 0 Å². The van der Waals surface area contributed by atoms with E-state index in [4.69, 9.17) is 0 Å². The molecule has 0 aliphatic carbocycles. The number of fused-ring (bicyclic) bond motifs is 1. The van der Waals surface area contributed by atoms with Crippen molar-refractivity contribution in [3.8, 4) is 0 Å². The monoisotopic (exact) mass is 318 g/mol. The van der Waals surface area contributed by atoms with Gasteiger partial charge in [-0.15, -0.1) is 5.10 Å². The third kappa shape index (κ3) is 2.97. The first-order valence-electron chi connectivity index (χ1n) is 8.53. The number of piperazine rings is 1. The highest BCUT2D eigenvalue weighted by molar-refractivity contribution is 6.07. The third-order valence-corrected chi connectivity index (χ3v) is 4.79. The predicted molar refractivity (Wildman–Crippen MR) is 98.7 cm³/mol. The highest BCUT2D eigenvalue weighted by Gasteiger charge is 2.23. The van der Waals surface area contributed by atoms with E-state index in [9.17, 15) is 0 Å². The normalized spacial score (nSPS) is 18.5. The number of hydrogen-bond acceptors (Lipinski definition) is 4. The molecule has 1 saturated heterocycles. The summed E-state index contributed by atoms with van der Waals surface area (Å²) in [6.07, 6.45) is 0.820. The quantitative estimate of drug-likeness (QED) is 0.809. The zero-order chi connectivity index (χ0) is 16.4. The van der Waals surface area contributed by atoms with E-state index < -0.39 is 0 Å². The summed E-state index contributed by atoms with van der Waals surface area (Å²) in [6, 6.07) is 18.9. The van der Waals surface area contributed by atoms with E-state index in [1.807, 2.05) is 6.07 Å². The Labute approximate surface area is 143 Å². The second kappa shape index (κ2) is 6.57. The van der Waals surface area contributed by atoms with Gasteiger partial charge in [-0.1, -0.05) is 54.6 Å². The average Bonchev–Trinajstić information content (AvgIpc) is 2.83. The molecule has 2 aliphatic heterocycles. The largest absolute Gasteiger partial charge is 0.352 e. The van der Waals surface area contributed by atoms with Crippen LogP contribution in [0.1, 0.15) is 16.7 Å². The molecule has 2 heterocycles. The number of nitrogens with zero attached hydrogens (tertiary/aromatic N) is 4. The molecular formula is C20H22N4. The molecule has 0 spiro atoms. The number of benzene rings is 2. The third-order valence-electron chi connectivity index (χ3n) is 4.79. The van der Waals surface area contributed by atoms with E-state index in [1.165, 1.54) is 11.1 Å². The Morgan fingerprint density at radius 2 is 1.50 bits per heavy atom. The molecule has 4 rings (SSSR count). The van der Waals surface area contributed by atoms with Crippen molar-refractivity contribution in [1.29, 1.82) is 0 Å². The number of likely N-dealkylation sites (N-methyl/N-ethyl adjacent to an activating group) is 1. The summed E-state index contributed by atoms with van der Waals surface area (Å²) < 4.78 is 0. The fourth-order valence-corrected chi connectivity index (χ4v) is 3.31. The van der Waals surface area contributed by atoms with E-state index in [0.717, 1.165) is 49.7 Å². The summed E-state index contributed by atoms with van der Waals surface area (Å²) in [6.45, 7) is 4.13. The molecular weight excluding hydrogens is 296 g/mol. The van der Waals surface area contributed by atoms with Gasteiger partial charge in [0.2, 0.25) is 0 Å². The Balaban J connectivity index is 1.74. The lowest BCUT2D eigenvalue weighted by molar-refractivity contribution is 0.215. The highest BCUT2D eigenvalue weighted by Crippen LogP contribution is 2.20. The van der Waals surface area contributed by atoms with Crippen LogP contribution in [0.2, 0.25) is 0 Å². The van der Waals surface area contributed by atoms with Gasteiger partial charge in [0.1, 0.15) is 0 Å². The lowest BCUT2D eigenvalue weighted by atomic mass is 9.97. The van der Waals surface area contributed by atoms with Crippen LogP contribution in [0.4, 0.5) is 0 Å². The average molecular weight is 318 g/mol. The Morgan fingerprint density at radius 3 is 2.29 bits per heavy atom. The minimum atomic E-state index is 0.820. The van der Waals surface area contributed by atoms with E-state index >= 15 is 0 Å². The Bertz CT molecular complexity index is 771. The fraction of sp³-hybridized carbons (Fsp3) is 0.300. The van der Waals surface area contributed by atoms with Crippen LogP contribution in [0.25, 0.3) is 0 Å². The number of hydrogen-bond donors (Lipinski definition) is 0. The van der Waals surface area contributed by atoms with Crippen LogP contribution in [0.5, 0.6) is 0 Å². The molecule has 0 unspecified atom stereocenters.